The molecule has 1 atom stereocenters. The number of allylic oxidation sites excluding steroid dienone is 1. The zero-order valence-corrected chi connectivity index (χ0v) is 21.2. The fraction of sp³-hybridized carbons (Fsp3) is 0.111. The minimum absolute atomic E-state index is 0.108. The van der Waals surface area contributed by atoms with Crippen LogP contribution in [-0.4, -0.2) is 28.7 Å². The molecule has 0 saturated carbocycles. The highest BCUT2D eigenvalue weighted by atomic mass is 35.5. The number of thiazole rings is 1. The van der Waals surface area contributed by atoms with E-state index in [1.165, 1.54) is 17.7 Å². The number of hydrogen-bond acceptors (Lipinski definition) is 7. The van der Waals surface area contributed by atoms with Gasteiger partial charge in [0.05, 0.1) is 34.5 Å². The van der Waals surface area contributed by atoms with Crippen LogP contribution in [0, 0.1) is 0 Å². The van der Waals surface area contributed by atoms with Gasteiger partial charge in [0, 0.05) is 16.7 Å². The molecule has 0 amide bonds. The Balaban J connectivity index is 1.64. The number of furan rings is 1. The number of carboxylic acid groups (broad SMARTS) is 1. The van der Waals surface area contributed by atoms with Gasteiger partial charge in [0.25, 0.3) is 5.56 Å². The van der Waals surface area contributed by atoms with Gasteiger partial charge >= 0.3 is 11.9 Å². The topological polar surface area (TPSA) is 111 Å². The van der Waals surface area contributed by atoms with Crippen molar-refractivity contribution in [2.75, 3.05) is 7.11 Å². The smallest absolute Gasteiger partial charge is 0.338 e. The molecule has 8 nitrogen and oxygen atoms in total. The van der Waals surface area contributed by atoms with Crippen LogP contribution in [0.1, 0.15) is 34.6 Å². The number of fused-ring (bicyclic) bond motifs is 1. The van der Waals surface area contributed by atoms with E-state index in [1.54, 1.807) is 67.6 Å². The minimum Gasteiger partial charge on any atom is -0.478 e. The lowest BCUT2D eigenvalue weighted by Crippen LogP contribution is -2.39. The molecule has 0 aliphatic carbocycles. The number of carbonyl (C=O) groups is 2. The number of rotatable bonds is 5. The Morgan fingerprint density at radius 2 is 1.86 bits per heavy atom. The fourth-order valence-electron chi connectivity index (χ4n) is 4.24. The highest BCUT2D eigenvalue weighted by Crippen LogP contribution is 2.31. The predicted molar refractivity (Wildman–Crippen MR) is 138 cm³/mol. The third-order valence-electron chi connectivity index (χ3n) is 5.94. The van der Waals surface area contributed by atoms with Crippen molar-refractivity contribution in [2.24, 2.45) is 4.99 Å². The second kappa shape index (κ2) is 9.68. The third kappa shape index (κ3) is 4.43. The first kappa shape index (κ1) is 24.5. The Morgan fingerprint density at radius 1 is 1.14 bits per heavy atom. The van der Waals surface area contributed by atoms with Gasteiger partial charge in [0.2, 0.25) is 0 Å². The lowest BCUT2D eigenvalue weighted by Gasteiger charge is -2.24. The van der Waals surface area contributed by atoms with E-state index in [9.17, 15) is 19.5 Å². The van der Waals surface area contributed by atoms with Gasteiger partial charge in [-0.2, -0.15) is 0 Å². The highest BCUT2D eigenvalue weighted by Gasteiger charge is 2.33. The molecule has 3 heterocycles. The van der Waals surface area contributed by atoms with Gasteiger partial charge in [-0.05, 0) is 42.8 Å². The summed E-state index contributed by atoms with van der Waals surface area (Å²) >= 11 is 7.23. The van der Waals surface area contributed by atoms with Crippen LogP contribution < -0.4 is 14.9 Å². The molecule has 0 unspecified atom stereocenters. The number of aromatic nitrogens is 1. The number of halogens is 1. The molecule has 0 saturated heterocycles. The van der Waals surface area contributed by atoms with Crippen LogP contribution in [0.15, 0.2) is 86.1 Å². The molecule has 0 bridgehead atoms. The monoisotopic (exact) mass is 534 g/mol. The number of nitrogens with zero attached hydrogens (tertiary/aromatic N) is 2. The first-order valence-corrected chi connectivity index (χ1v) is 12.3. The van der Waals surface area contributed by atoms with Crippen molar-refractivity contribution in [1.29, 1.82) is 0 Å². The summed E-state index contributed by atoms with van der Waals surface area (Å²) in [6.45, 7) is 1.70. The summed E-state index contributed by atoms with van der Waals surface area (Å²) in [5.41, 5.74) is 1.56. The predicted octanol–water partition coefficient (Wildman–Crippen LogP) is 4.02. The molecule has 0 fully saturated rings. The Morgan fingerprint density at radius 3 is 2.57 bits per heavy atom. The zero-order valence-electron chi connectivity index (χ0n) is 19.6. The van der Waals surface area contributed by atoms with Crippen LogP contribution >= 0.6 is 22.9 Å². The van der Waals surface area contributed by atoms with E-state index in [-0.39, 0.29) is 16.7 Å². The van der Waals surface area contributed by atoms with Crippen molar-refractivity contribution in [3.63, 3.8) is 0 Å². The van der Waals surface area contributed by atoms with Gasteiger partial charge in [-0.1, -0.05) is 53.3 Å². The average Bonchev–Trinajstić information content (AvgIpc) is 3.47. The van der Waals surface area contributed by atoms with Gasteiger partial charge < -0.3 is 14.3 Å². The van der Waals surface area contributed by atoms with Gasteiger partial charge in [-0.3, -0.25) is 9.36 Å². The molecular weight excluding hydrogens is 516 g/mol. The second-order valence-corrected chi connectivity index (χ2v) is 9.62. The maximum Gasteiger partial charge on any atom is 0.338 e. The van der Waals surface area contributed by atoms with Crippen LogP contribution in [0.2, 0.25) is 5.02 Å². The van der Waals surface area contributed by atoms with Crippen molar-refractivity contribution in [1.82, 2.24) is 4.57 Å². The summed E-state index contributed by atoms with van der Waals surface area (Å²) in [4.78, 5) is 42.9. The molecule has 5 rings (SSSR count). The van der Waals surface area contributed by atoms with E-state index < -0.39 is 18.0 Å². The summed E-state index contributed by atoms with van der Waals surface area (Å²) < 4.78 is 12.7. The van der Waals surface area contributed by atoms with E-state index in [0.29, 0.717) is 42.7 Å². The summed E-state index contributed by atoms with van der Waals surface area (Å²) in [6.07, 6.45) is 1.58. The third-order valence-corrected chi connectivity index (χ3v) is 7.17. The van der Waals surface area contributed by atoms with Gasteiger partial charge in [-0.25, -0.2) is 14.6 Å². The molecule has 186 valence electrons. The maximum atomic E-state index is 13.6. The zero-order chi connectivity index (χ0) is 26.3. The lowest BCUT2D eigenvalue weighted by atomic mass is 9.96. The summed E-state index contributed by atoms with van der Waals surface area (Å²) in [5.74, 6) is -0.920. The molecule has 37 heavy (non-hydrogen) atoms. The number of esters is 1. The Labute approximate surface area is 219 Å². The standard InChI is InChI=1S/C27H19ClN2O6S/c1-14-22(26(34)35-2)23(15-7-9-16(28)10-8-15)30-24(31)21(37-27(30)29-14)13-17-11-12-20(36-17)18-5-3-4-6-19(18)25(32)33/h3-13,23H,1-2H3,(H,32,33)/b21-13-/t23-/m0/s1. The van der Waals surface area contributed by atoms with Gasteiger partial charge in [0.15, 0.2) is 4.80 Å². The number of methoxy groups -OCH3 is 1. The maximum absolute atomic E-state index is 13.6. The SMILES string of the molecule is COC(=O)C1=C(C)N=c2s/c(=C\c3ccc(-c4ccccc4C(=O)O)o3)c(=O)n2[C@H]1c1ccc(Cl)cc1. The summed E-state index contributed by atoms with van der Waals surface area (Å²) in [5, 5.41) is 10.0. The quantitative estimate of drug-likeness (QED) is 0.387. The van der Waals surface area contributed by atoms with Crippen LogP contribution in [0.5, 0.6) is 0 Å². The molecule has 4 aromatic rings. The molecule has 2 aromatic carbocycles. The minimum atomic E-state index is -1.07. The van der Waals surface area contributed by atoms with Crippen LogP contribution in [0.4, 0.5) is 0 Å². The Hall–Kier alpha value is -4.21. The molecule has 1 aliphatic heterocycles. The second-order valence-electron chi connectivity index (χ2n) is 8.18. The normalized spacial score (nSPS) is 15.3. The van der Waals surface area contributed by atoms with Gasteiger partial charge in [0.1, 0.15) is 11.5 Å². The molecule has 10 heteroatoms. The summed E-state index contributed by atoms with van der Waals surface area (Å²) in [7, 11) is 1.28. The first-order valence-electron chi connectivity index (χ1n) is 11.1. The molecule has 0 radical (unpaired) electrons. The number of carboxylic acids is 1. The number of carbonyl (C=O) groups excluding carboxylic acids is 1. The van der Waals surface area contributed by atoms with E-state index in [1.807, 2.05) is 0 Å². The van der Waals surface area contributed by atoms with Crippen LogP contribution in [-0.2, 0) is 9.53 Å². The van der Waals surface area contributed by atoms with Crippen LogP contribution in [0.3, 0.4) is 0 Å². The van der Waals surface area contributed by atoms with Crippen molar-refractivity contribution in [3.8, 4) is 11.3 Å². The number of aromatic carboxylic acids is 1. The van der Waals surface area contributed by atoms with Gasteiger partial charge in [-0.15, -0.1) is 0 Å². The number of ether oxygens (including phenoxy) is 1. The van der Waals surface area contributed by atoms with E-state index in [4.69, 9.17) is 20.8 Å². The van der Waals surface area contributed by atoms with Crippen molar-refractivity contribution < 1.29 is 23.8 Å². The van der Waals surface area contributed by atoms with Crippen molar-refractivity contribution in [3.05, 3.63) is 114 Å². The Kier molecular flexibility index (Phi) is 6.41. The number of hydrogen-bond donors (Lipinski definition) is 1. The highest BCUT2D eigenvalue weighted by molar-refractivity contribution is 7.07. The van der Waals surface area contributed by atoms with Crippen molar-refractivity contribution in [2.45, 2.75) is 13.0 Å². The average molecular weight is 535 g/mol. The first-order chi connectivity index (χ1) is 17.8. The Bertz CT molecular complexity index is 1760. The van der Waals surface area contributed by atoms with E-state index >= 15 is 0 Å². The molecular formula is C27H19ClN2O6S. The van der Waals surface area contributed by atoms with Crippen LogP contribution in [0.25, 0.3) is 17.4 Å². The molecule has 1 N–H and O–H groups in total. The van der Waals surface area contributed by atoms with E-state index in [2.05, 4.69) is 4.99 Å². The van der Waals surface area contributed by atoms with E-state index in [0.717, 1.165) is 11.3 Å². The van der Waals surface area contributed by atoms with Crippen molar-refractivity contribution >= 4 is 41.0 Å². The lowest BCUT2D eigenvalue weighted by molar-refractivity contribution is -0.136. The largest absolute Gasteiger partial charge is 0.478 e. The molecule has 1 aliphatic rings. The molecule has 0 spiro atoms. The fourth-order valence-corrected chi connectivity index (χ4v) is 5.39. The summed E-state index contributed by atoms with van der Waals surface area (Å²) in [6, 6.07) is 16.0. The number of benzene rings is 2. The molecule has 2 aromatic heterocycles.